The highest BCUT2D eigenvalue weighted by atomic mass is 79.9. The highest BCUT2D eigenvalue weighted by Gasteiger charge is 2.30. The van der Waals surface area contributed by atoms with E-state index in [0.717, 1.165) is 11.0 Å². The van der Waals surface area contributed by atoms with Crippen LogP contribution in [0.2, 0.25) is 0 Å². The third-order valence-electron chi connectivity index (χ3n) is 2.53. The van der Waals surface area contributed by atoms with Gasteiger partial charge in [0.2, 0.25) is 0 Å². The van der Waals surface area contributed by atoms with Crippen molar-refractivity contribution in [3.63, 3.8) is 0 Å². The van der Waals surface area contributed by atoms with Crippen LogP contribution in [0.1, 0.15) is 0 Å². The molecule has 2 N–H and O–H groups in total. The molecular formula is C12H10BrFN2O3. The first kappa shape index (κ1) is 13.7. The summed E-state index contributed by atoms with van der Waals surface area (Å²) >= 11 is 3.03. The van der Waals surface area contributed by atoms with Crippen molar-refractivity contribution in [3.05, 3.63) is 40.3 Å². The van der Waals surface area contributed by atoms with Crippen LogP contribution in [0, 0.1) is 5.82 Å². The van der Waals surface area contributed by atoms with Crippen molar-refractivity contribution in [1.29, 1.82) is 0 Å². The molecule has 1 aromatic rings. The summed E-state index contributed by atoms with van der Waals surface area (Å²) in [4.78, 5) is 24.3. The quantitative estimate of drug-likeness (QED) is 0.816. The van der Waals surface area contributed by atoms with E-state index in [9.17, 15) is 14.0 Å². The number of halogens is 2. The fourth-order valence-corrected chi connectivity index (χ4v) is 2.02. The maximum Gasteiger partial charge on any atom is 0.277 e. The van der Waals surface area contributed by atoms with Gasteiger partial charge in [-0.15, -0.1) is 0 Å². The van der Waals surface area contributed by atoms with Gasteiger partial charge in [-0.2, -0.15) is 0 Å². The van der Waals surface area contributed by atoms with Crippen LogP contribution in [0.25, 0.3) is 0 Å². The number of aliphatic hydroxyl groups excluding tert-OH is 1. The normalized spacial score (nSPS) is 14.9. The van der Waals surface area contributed by atoms with Crippen LogP contribution in [0.3, 0.4) is 0 Å². The lowest BCUT2D eigenvalue weighted by Gasteiger charge is -2.13. The molecule has 2 rings (SSSR count). The van der Waals surface area contributed by atoms with E-state index in [1.54, 1.807) is 0 Å². The van der Waals surface area contributed by atoms with Crippen LogP contribution in [-0.2, 0) is 9.59 Å². The van der Waals surface area contributed by atoms with Gasteiger partial charge in [0.25, 0.3) is 11.8 Å². The molecule has 0 bridgehead atoms. The smallest absolute Gasteiger partial charge is 0.277 e. The average Bonchev–Trinajstić information content (AvgIpc) is 2.62. The molecule has 100 valence electrons. The number of hydrogen-bond acceptors (Lipinski definition) is 4. The van der Waals surface area contributed by atoms with Crippen LogP contribution in [0.15, 0.2) is 34.4 Å². The van der Waals surface area contributed by atoms with Crippen molar-refractivity contribution < 1.29 is 19.1 Å². The molecule has 0 aromatic heterocycles. The fraction of sp³-hybridized carbons (Fsp3) is 0.167. The summed E-state index contributed by atoms with van der Waals surface area (Å²) in [6.07, 6.45) is 1.15. The molecule has 0 unspecified atom stereocenters. The summed E-state index contributed by atoms with van der Waals surface area (Å²) in [7, 11) is 0. The molecule has 1 aliphatic rings. The predicted molar refractivity (Wildman–Crippen MR) is 69.6 cm³/mol. The number of imide groups is 1. The van der Waals surface area contributed by atoms with E-state index >= 15 is 0 Å². The van der Waals surface area contributed by atoms with Gasteiger partial charge in [-0.05, 0) is 34.1 Å². The Morgan fingerprint density at radius 1 is 1.37 bits per heavy atom. The number of nitrogens with zero attached hydrogens (tertiary/aromatic N) is 1. The highest BCUT2D eigenvalue weighted by Crippen LogP contribution is 2.22. The van der Waals surface area contributed by atoms with Crippen LogP contribution in [0.5, 0.6) is 0 Å². The zero-order valence-electron chi connectivity index (χ0n) is 9.69. The van der Waals surface area contributed by atoms with E-state index in [2.05, 4.69) is 21.2 Å². The molecule has 1 aliphatic heterocycles. The maximum absolute atomic E-state index is 13.1. The first-order valence-electron chi connectivity index (χ1n) is 5.43. The molecular weight excluding hydrogens is 319 g/mol. The summed E-state index contributed by atoms with van der Waals surface area (Å²) in [5.74, 6) is -1.42. The first-order valence-corrected chi connectivity index (χ1v) is 6.22. The minimum Gasteiger partial charge on any atom is -0.395 e. The molecule has 0 saturated carbocycles. The van der Waals surface area contributed by atoms with E-state index in [1.165, 1.54) is 18.2 Å². The van der Waals surface area contributed by atoms with Gasteiger partial charge < -0.3 is 10.4 Å². The van der Waals surface area contributed by atoms with Crippen molar-refractivity contribution in [2.24, 2.45) is 0 Å². The summed E-state index contributed by atoms with van der Waals surface area (Å²) in [6, 6.07) is 4.15. The van der Waals surface area contributed by atoms with Crippen molar-refractivity contribution in [3.8, 4) is 0 Å². The van der Waals surface area contributed by atoms with Crippen molar-refractivity contribution in [2.45, 2.75) is 0 Å². The molecule has 0 aliphatic carbocycles. The third kappa shape index (κ3) is 2.82. The van der Waals surface area contributed by atoms with Gasteiger partial charge in [-0.3, -0.25) is 14.5 Å². The Hall–Kier alpha value is -1.73. The van der Waals surface area contributed by atoms with E-state index in [1.807, 2.05) is 0 Å². The summed E-state index contributed by atoms with van der Waals surface area (Å²) in [6.45, 7) is -0.340. The zero-order valence-corrected chi connectivity index (χ0v) is 11.3. The molecule has 5 nitrogen and oxygen atoms in total. The van der Waals surface area contributed by atoms with Gasteiger partial charge in [0, 0.05) is 11.8 Å². The van der Waals surface area contributed by atoms with Crippen molar-refractivity contribution in [2.75, 3.05) is 18.5 Å². The van der Waals surface area contributed by atoms with Gasteiger partial charge in [0.05, 0.1) is 17.6 Å². The lowest BCUT2D eigenvalue weighted by Crippen LogP contribution is -2.34. The number of carbonyl (C=O) groups excluding carboxylic acids is 2. The molecule has 1 aromatic carbocycles. The second-order valence-corrected chi connectivity index (χ2v) is 4.68. The standard InChI is InChI=1S/C12H10BrFN2O3/c13-8-5-7(1-2-9(8)14)15-10-6-11(18)16(3-4-17)12(10)19/h1-2,5-6,15,17H,3-4H2. The van der Waals surface area contributed by atoms with Gasteiger partial charge in [-0.25, -0.2) is 4.39 Å². The second kappa shape index (κ2) is 5.50. The molecule has 7 heteroatoms. The fourth-order valence-electron chi connectivity index (χ4n) is 1.64. The van der Waals surface area contributed by atoms with Crippen LogP contribution < -0.4 is 5.32 Å². The molecule has 1 heterocycles. The number of β-amino-alcohol motifs (C(OH)–C–C–N with tert-alkyl or cyclic N) is 1. The molecule has 0 atom stereocenters. The van der Waals surface area contributed by atoms with Crippen LogP contribution >= 0.6 is 15.9 Å². The van der Waals surface area contributed by atoms with E-state index in [0.29, 0.717) is 5.69 Å². The number of amides is 2. The molecule has 19 heavy (non-hydrogen) atoms. The maximum atomic E-state index is 13.1. The number of rotatable bonds is 4. The Balaban J connectivity index is 2.16. The molecule has 2 amide bonds. The molecule has 0 spiro atoms. The number of anilines is 1. The number of aliphatic hydroxyl groups is 1. The largest absolute Gasteiger partial charge is 0.395 e. The first-order chi connectivity index (χ1) is 9.02. The third-order valence-corrected chi connectivity index (χ3v) is 3.14. The highest BCUT2D eigenvalue weighted by molar-refractivity contribution is 9.10. The Bertz CT molecular complexity index is 574. The van der Waals surface area contributed by atoms with Crippen molar-refractivity contribution >= 4 is 33.4 Å². The van der Waals surface area contributed by atoms with Crippen LogP contribution in [0.4, 0.5) is 10.1 Å². The number of benzene rings is 1. The number of hydrogen-bond donors (Lipinski definition) is 2. The Morgan fingerprint density at radius 3 is 2.74 bits per heavy atom. The number of carbonyl (C=O) groups is 2. The Kier molecular flexibility index (Phi) is 3.96. The predicted octanol–water partition coefficient (Wildman–Crippen LogP) is 1.25. The van der Waals surface area contributed by atoms with Gasteiger partial charge in [-0.1, -0.05) is 0 Å². The second-order valence-electron chi connectivity index (χ2n) is 3.83. The summed E-state index contributed by atoms with van der Waals surface area (Å²) in [5, 5.41) is 11.5. The van der Waals surface area contributed by atoms with E-state index in [4.69, 9.17) is 5.11 Å². The Labute approximate surface area is 116 Å². The van der Waals surface area contributed by atoms with Gasteiger partial charge >= 0.3 is 0 Å². The van der Waals surface area contributed by atoms with E-state index in [-0.39, 0.29) is 23.3 Å². The Morgan fingerprint density at radius 2 is 2.11 bits per heavy atom. The topological polar surface area (TPSA) is 69.6 Å². The van der Waals surface area contributed by atoms with Gasteiger partial charge in [0.1, 0.15) is 11.5 Å². The molecule has 0 radical (unpaired) electrons. The van der Waals surface area contributed by atoms with Gasteiger partial charge in [0.15, 0.2) is 0 Å². The molecule has 0 saturated heterocycles. The summed E-state index contributed by atoms with van der Waals surface area (Å²) < 4.78 is 13.3. The zero-order chi connectivity index (χ0) is 14.0. The summed E-state index contributed by atoms with van der Waals surface area (Å²) in [5.41, 5.74) is 0.573. The van der Waals surface area contributed by atoms with E-state index < -0.39 is 17.6 Å². The lowest BCUT2D eigenvalue weighted by molar-refractivity contribution is -0.137. The monoisotopic (exact) mass is 328 g/mol. The SMILES string of the molecule is O=C1C=C(Nc2ccc(F)c(Br)c2)C(=O)N1CCO. The van der Waals surface area contributed by atoms with Crippen molar-refractivity contribution in [1.82, 2.24) is 4.90 Å². The number of nitrogens with one attached hydrogen (secondary N) is 1. The van der Waals surface area contributed by atoms with Crippen LogP contribution in [-0.4, -0.2) is 35.0 Å². The minimum atomic E-state index is -0.514. The molecule has 0 fully saturated rings. The lowest BCUT2D eigenvalue weighted by atomic mass is 10.3. The minimum absolute atomic E-state index is 0.0491. The average molecular weight is 329 g/mol.